The molecule has 2 aromatic heterocycles. The Morgan fingerprint density at radius 3 is 2.67 bits per heavy atom. The highest BCUT2D eigenvalue weighted by molar-refractivity contribution is 7.84. The molecule has 8 nitrogen and oxygen atoms in total. The zero-order chi connectivity index (χ0) is 22.0. The van der Waals surface area contributed by atoms with Crippen LogP contribution in [0, 0.1) is 26.3 Å². The van der Waals surface area contributed by atoms with E-state index in [9.17, 15) is 9.00 Å². The largest absolute Gasteiger partial charge is 0.497 e. The summed E-state index contributed by atoms with van der Waals surface area (Å²) in [6.45, 7) is 3.75. The van der Waals surface area contributed by atoms with Crippen LogP contribution < -0.4 is 9.47 Å². The highest BCUT2D eigenvalue weighted by Crippen LogP contribution is 2.28. The zero-order valence-corrected chi connectivity index (χ0v) is 18.2. The summed E-state index contributed by atoms with van der Waals surface area (Å²) in [4.78, 5) is 22.8. The van der Waals surface area contributed by atoms with Crippen molar-refractivity contribution in [2.24, 2.45) is 0 Å². The van der Waals surface area contributed by atoms with Crippen LogP contribution in [0.5, 0.6) is 11.5 Å². The van der Waals surface area contributed by atoms with Crippen LogP contribution in [0.4, 0.5) is 4.79 Å². The second-order valence-electron chi connectivity index (χ2n) is 6.59. The summed E-state index contributed by atoms with van der Waals surface area (Å²) in [5.41, 5.74) is 3.24. The molecular weight excluding hydrogens is 404 g/mol. The van der Waals surface area contributed by atoms with Gasteiger partial charge in [0.2, 0.25) is 5.16 Å². The lowest BCUT2D eigenvalue weighted by Crippen LogP contribution is -2.28. The number of terminal acetylenes is 1. The predicted octanol–water partition coefficient (Wildman–Crippen LogP) is 2.86. The maximum Gasteiger partial charge on any atom is 0.342 e. The highest BCUT2D eigenvalue weighted by Gasteiger charge is 2.25. The second-order valence-corrected chi connectivity index (χ2v) is 7.94. The Morgan fingerprint density at radius 1 is 1.30 bits per heavy atom. The van der Waals surface area contributed by atoms with Crippen molar-refractivity contribution in [2.45, 2.75) is 24.8 Å². The van der Waals surface area contributed by atoms with E-state index in [1.165, 1.54) is 18.7 Å². The number of ether oxygens (including phenoxy) is 2. The minimum absolute atomic E-state index is 0.0655. The number of fused-ring (bicyclic) bond motifs is 1. The fourth-order valence-corrected chi connectivity index (χ4v) is 4.36. The Morgan fingerprint density at radius 2 is 2.03 bits per heavy atom. The van der Waals surface area contributed by atoms with Gasteiger partial charge in [-0.25, -0.2) is 14.3 Å². The molecule has 0 saturated heterocycles. The number of imidazole rings is 1. The summed E-state index contributed by atoms with van der Waals surface area (Å²) in [5, 5.41) is 0.0890. The fraction of sp³-hybridized carbons (Fsp3) is 0.286. The van der Waals surface area contributed by atoms with E-state index in [2.05, 4.69) is 16.0 Å². The van der Waals surface area contributed by atoms with Gasteiger partial charge in [0.1, 0.15) is 11.5 Å². The van der Waals surface area contributed by atoms with Crippen LogP contribution in [-0.4, -0.2) is 50.9 Å². The maximum atomic E-state index is 13.3. The minimum atomic E-state index is -1.68. The Hall–Kier alpha value is -3.38. The molecule has 0 saturated carbocycles. The molecule has 0 unspecified atom stereocenters. The summed E-state index contributed by atoms with van der Waals surface area (Å²) in [6.07, 6.45) is 7.06. The van der Waals surface area contributed by atoms with E-state index in [0.717, 1.165) is 16.0 Å². The number of carbonyl (C=O) groups excluding carboxylic acids is 1. The monoisotopic (exact) mass is 426 g/mol. The van der Waals surface area contributed by atoms with Gasteiger partial charge in [0.05, 0.1) is 47.5 Å². The molecule has 0 bridgehead atoms. The highest BCUT2D eigenvalue weighted by atomic mass is 32.2. The van der Waals surface area contributed by atoms with Gasteiger partial charge in [0.25, 0.3) is 0 Å². The van der Waals surface area contributed by atoms with Crippen molar-refractivity contribution in [2.75, 3.05) is 21.3 Å². The Balaban J connectivity index is 2.11. The van der Waals surface area contributed by atoms with E-state index >= 15 is 0 Å². The normalized spacial score (nSPS) is 11.7. The van der Waals surface area contributed by atoms with Crippen LogP contribution in [-0.2, 0) is 16.6 Å². The van der Waals surface area contributed by atoms with Crippen molar-refractivity contribution in [3.05, 3.63) is 41.2 Å². The van der Waals surface area contributed by atoms with E-state index in [-0.39, 0.29) is 10.9 Å². The average Bonchev–Trinajstić information content (AvgIpc) is 3.13. The van der Waals surface area contributed by atoms with Crippen molar-refractivity contribution >= 4 is 27.9 Å². The molecule has 1 atom stereocenters. The van der Waals surface area contributed by atoms with Gasteiger partial charge >= 0.3 is 6.03 Å². The SMILES string of the molecule is C#CN(C)C(=O)n1c([S@@](=O)Cc2ncc(C)c(OC)c2C)nc2cc(OC)ccc21. The molecule has 0 aliphatic rings. The molecular formula is C21H22N4O4S. The molecule has 156 valence electrons. The molecule has 0 aliphatic heterocycles. The lowest BCUT2D eigenvalue weighted by atomic mass is 10.1. The maximum absolute atomic E-state index is 13.3. The van der Waals surface area contributed by atoms with Gasteiger partial charge in [-0.15, -0.1) is 0 Å². The van der Waals surface area contributed by atoms with Crippen molar-refractivity contribution < 1.29 is 18.5 Å². The number of methoxy groups -OCH3 is 2. The van der Waals surface area contributed by atoms with Gasteiger partial charge in [-0.3, -0.25) is 14.1 Å². The summed E-state index contributed by atoms with van der Waals surface area (Å²) in [6, 6.07) is 6.80. The molecule has 30 heavy (non-hydrogen) atoms. The lowest BCUT2D eigenvalue weighted by molar-refractivity contribution is 0.225. The molecule has 0 spiro atoms. The molecule has 3 aromatic rings. The summed E-state index contributed by atoms with van der Waals surface area (Å²) in [5.74, 6) is 1.33. The first-order valence-corrected chi connectivity index (χ1v) is 10.3. The molecule has 0 aliphatic carbocycles. The Labute approximate surface area is 177 Å². The number of aryl methyl sites for hydroxylation is 1. The Bertz CT molecular complexity index is 1200. The number of hydrogen-bond acceptors (Lipinski definition) is 6. The van der Waals surface area contributed by atoms with E-state index in [1.807, 2.05) is 13.8 Å². The third-order valence-electron chi connectivity index (χ3n) is 4.72. The Kier molecular flexibility index (Phi) is 6.08. The van der Waals surface area contributed by atoms with Gasteiger partial charge in [-0.1, -0.05) is 6.42 Å². The summed E-state index contributed by atoms with van der Waals surface area (Å²) >= 11 is 0. The van der Waals surface area contributed by atoms with Gasteiger partial charge in [-0.05, 0) is 26.0 Å². The summed E-state index contributed by atoms with van der Waals surface area (Å²) < 4.78 is 25.2. The van der Waals surface area contributed by atoms with E-state index < -0.39 is 16.8 Å². The second kappa shape index (κ2) is 8.55. The number of amides is 1. The first kappa shape index (κ1) is 21.3. The number of aromatic nitrogens is 3. The molecule has 0 fully saturated rings. The van der Waals surface area contributed by atoms with Crippen LogP contribution in [0.2, 0.25) is 0 Å². The zero-order valence-electron chi connectivity index (χ0n) is 17.4. The molecule has 1 aromatic carbocycles. The first-order chi connectivity index (χ1) is 14.3. The number of benzene rings is 1. The lowest BCUT2D eigenvalue weighted by Gasteiger charge is -2.14. The van der Waals surface area contributed by atoms with Gasteiger partial charge < -0.3 is 9.47 Å². The molecule has 0 radical (unpaired) electrons. The number of carbonyl (C=O) groups is 1. The van der Waals surface area contributed by atoms with Crippen LogP contribution in [0.15, 0.2) is 29.6 Å². The smallest absolute Gasteiger partial charge is 0.342 e. The van der Waals surface area contributed by atoms with Gasteiger partial charge in [-0.2, -0.15) is 0 Å². The van der Waals surface area contributed by atoms with Crippen LogP contribution in [0.25, 0.3) is 11.0 Å². The first-order valence-electron chi connectivity index (χ1n) is 9.00. The van der Waals surface area contributed by atoms with Crippen molar-refractivity contribution in [1.29, 1.82) is 0 Å². The molecule has 0 N–H and O–H groups in total. The summed E-state index contributed by atoms with van der Waals surface area (Å²) in [7, 11) is 2.90. The number of hydrogen-bond donors (Lipinski definition) is 0. The fourth-order valence-electron chi connectivity index (χ4n) is 3.11. The van der Waals surface area contributed by atoms with Crippen molar-refractivity contribution in [3.63, 3.8) is 0 Å². The third-order valence-corrected chi connectivity index (χ3v) is 5.94. The van der Waals surface area contributed by atoms with Crippen LogP contribution in [0.1, 0.15) is 16.8 Å². The third kappa shape index (κ3) is 3.74. The van der Waals surface area contributed by atoms with Crippen LogP contribution in [0.3, 0.4) is 0 Å². The molecule has 9 heteroatoms. The van der Waals surface area contributed by atoms with Crippen LogP contribution >= 0.6 is 0 Å². The quantitative estimate of drug-likeness (QED) is 0.461. The molecule has 3 rings (SSSR count). The van der Waals surface area contributed by atoms with Crippen molar-refractivity contribution in [1.82, 2.24) is 19.4 Å². The van der Waals surface area contributed by atoms with E-state index in [4.69, 9.17) is 15.9 Å². The topological polar surface area (TPSA) is 86.6 Å². The minimum Gasteiger partial charge on any atom is -0.497 e. The van der Waals surface area contributed by atoms with E-state index in [1.54, 1.807) is 31.5 Å². The van der Waals surface area contributed by atoms with Gasteiger partial charge in [0.15, 0.2) is 0 Å². The number of nitrogens with zero attached hydrogens (tertiary/aromatic N) is 4. The van der Waals surface area contributed by atoms with E-state index in [0.29, 0.717) is 28.2 Å². The van der Waals surface area contributed by atoms with Gasteiger partial charge in [0, 0.05) is 36.5 Å². The molecule has 2 heterocycles. The number of rotatable bonds is 5. The predicted molar refractivity (Wildman–Crippen MR) is 114 cm³/mol. The molecule has 1 amide bonds. The van der Waals surface area contributed by atoms with Crippen molar-refractivity contribution in [3.8, 4) is 24.0 Å². The standard InChI is InChI=1S/C21H22N4O4S/c1-7-24(4)21(26)25-18-9-8-15(28-5)10-16(18)23-20(25)30(27)12-17-14(3)19(29-6)13(2)11-22-17/h1,8-11H,12H2,2-6H3/t30-/m0/s1. The number of pyridine rings is 1. The average molecular weight is 426 g/mol.